The minimum atomic E-state index is -0.280. The summed E-state index contributed by atoms with van der Waals surface area (Å²) in [6.07, 6.45) is 1.50. The van der Waals surface area contributed by atoms with Gasteiger partial charge in [-0.05, 0) is 24.6 Å². The lowest BCUT2D eigenvalue weighted by atomic mass is 10.2. The van der Waals surface area contributed by atoms with Gasteiger partial charge in [0.25, 0.3) is 5.56 Å². The predicted molar refractivity (Wildman–Crippen MR) is 58.7 cm³/mol. The summed E-state index contributed by atoms with van der Waals surface area (Å²) < 4.78 is 14.2. The zero-order chi connectivity index (χ0) is 11.5. The van der Waals surface area contributed by atoms with Crippen LogP contribution >= 0.6 is 0 Å². The van der Waals surface area contributed by atoms with E-state index in [4.69, 9.17) is 0 Å². The minimum absolute atomic E-state index is 0.100. The van der Waals surface area contributed by atoms with Crippen LogP contribution in [0.1, 0.15) is 11.3 Å². The molecule has 0 aliphatic carbocycles. The van der Waals surface area contributed by atoms with Crippen molar-refractivity contribution in [3.05, 3.63) is 64.1 Å². The molecule has 3 nitrogen and oxygen atoms in total. The summed E-state index contributed by atoms with van der Waals surface area (Å²) in [5.41, 5.74) is 1.46. The smallest absolute Gasteiger partial charge is 0.253 e. The highest BCUT2D eigenvalue weighted by molar-refractivity contribution is 5.16. The van der Waals surface area contributed by atoms with Crippen LogP contribution < -0.4 is 5.56 Å². The van der Waals surface area contributed by atoms with Crippen LogP contribution in [0.2, 0.25) is 0 Å². The lowest BCUT2D eigenvalue weighted by Crippen LogP contribution is -2.20. The first-order chi connectivity index (χ1) is 7.65. The average Bonchev–Trinajstić information content (AvgIpc) is 2.25. The standard InChI is InChI=1S/C12H11FN2O/c1-9-6-12(16)15(8-14-9)7-10-2-4-11(13)5-3-10/h2-6,8H,7H2,1H3. The summed E-state index contributed by atoms with van der Waals surface area (Å²) in [4.78, 5) is 15.6. The van der Waals surface area contributed by atoms with E-state index in [1.165, 1.54) is 29.1 Å². The van der Waals surface area contributed by atoms with Gasteiger partial charge in [0.05, 0.1) is 12.9 Å². The molecule has 82 valence electrons. The lowest BCUT2D eigenvalue weighted by Gasteiger charge is -2.05. The molecule has 0 saturated heterocycles. The molecule has 0 bridgehead atoms. The Morgan fingerprint density at radius 2 is 2.00 bits per heavy atom. The first kappa shape index (κ1) is 10.5. The Balaban J connectivity index is 2.27. The Bertz CT molecular complexity index is 546. The molecule has 0 radical (unpaired) electrons. The van der Waals surface area contributed by atoms with Gasteiger partial charge in [0.2, 0.25) is 0 Å². The van der Waals surface area contributed by atoms with Gasteiger partial charge >= 0.3 is 0 Å². The fourth-order valence-corrected chi connectivity index (χ4v) is 1.42. The summed E-state index contributed by atoms with van der Waals surface area (Å²) in [5, 5.41) is 0. The van der Waals surface area contributed by atoms with Crippen LogP contribution in [0.4, 0.5) is 4.39 Å². The summed E-state index contributed by atoms with van der Waals surface area (Å²) in [7, 11) is 0. The van der Waals surface area contributed by atoms with Crippen molar-refractivity contribution < 1.29 is 4.39 Å². The number of aryl methyl sites for hydroxylation is 1. The van der Waals surface area contributed by atoms with E-state index in [9.17, 15) is 9.18 Å². The average molecular weight is 218 g/mol. The Morgan fingerprint density at radius 1 is 1.31 bits per heavy atom. The van der Waals surface area contributed by atoms with E-state index in [-0.39, 0.29) is 11.4 Å². The Labute approximate surface area is 92.2 Å². The van der Waals surface area contributed by atoms with Crippen LogP contribution in [0.25, 0.3) is 0 Å². The van der Waals surface area contributed by atoms with Crippen molar-refractivity contribution in [1.29, 1.82) is 0 Å². The van der Waals surface area contributed by atoms with Gasteiger partial charge in [-0.15, -0.1) is 0 Å². The van der Waals surface area contributed by atoms with Gasteiger partial charge in [0.1, 0.15) is 5.82 Å². The maximum Gasteiger partial charge on any atom is 0.253 e. The number of rotatable bonds is 2. The molecule has 16 heavy (non-hydrogen) atoms. The third kappa shape index (κ3) is 2.34. The number of hydrogen-bond donors (Lipinski definition) is 0. The normalized spacial score (nSPS) is 10.4. The molecule has 0 N–H and O–H groups in total. The van der Waals surface area contributed by atoms with Crippen molar-refractivity contribution in [2.24, 2.45) is 0 Å². The number of hydrogen-bond acceptors (Lipinski definition) is 2. The fraction of sp³-hybridized carbons (Fsp3) is 0.167. The summed E-state index contributed by atoms with van der Waals surface area (Å²) >= 11 is 0. The molecule has 1 aromatic carbocycles. The Morgan fingerprint density at radius 3 is 2.62 bits per heavy atom. The van der Waals surface area contributed by atoms with Gasteiger partial charge in [0, 0.05) is 11.8 Å². The van der Waals surface area contributed by atoms with Gasteiger partial charge in [-0.25, -0.2) is 9.37 Å². The number of benzene rings is 1. The summed E-state index contributed by atoms with van der Waals surface area (Å²) in [6.45, 7) is 2.18. The highest BCUT2D eigenvalue weighted by atomic mass is 19.1. The minimum Gasteiger partial charge on any atom is -0.295 e. The number of halogens is 1. The molecule has 0 spiro atoms. The highest BCUT2D eigenvalue weighted by Gasteiger charge is 1.99. The van der Waals surface area contributed by atoms with Crippen LogP contribution in [0.3, 0.4) is 0 Å². The molecule has 0 saturated carbocycles. The molecule has 2 aromatic rings. The number of nitrogens with zero attached hydrogens (tertiary/aromatic N) is 2. The van der Waals surface area contributed by atoms with Crippen LogP contribution in [-0.2, 0) is 6.54 Å². The Kier molecular flexibility index (Phi) is 2.81. The first-order valence-electron chi connectivity index (χ1n) is 4.93. The van der Waals surface area contributed by atoms with Crippen LogP contribution in [0.5, 0.6) is 0 Å². The van der Waals surface area contributed by atoms with Crippen LogP contribution in [-0.4, -0.2) is 9.55 Å². The second-order valence-electron chi connectivity index (χ2n) is 3.62. The van der Waals surface area contributed by atoms with E-state index in [0.717, 1.165) is 5.56 Å². The topological polar surface area (TPSA) is 34.9 Å². The van der Waals surface area contributed by atoms with Gasteiger partial charge < -0.3 is 0 Å². The third-order valence-electron chi connectivity index (χ3n) is 2.28. The van der Waals surface area contributed by atoms with Crippen molar-refractivity contribution in [3.63, 3.8) is 0 Å². The van der Waals surface area contributed by atoms with Crippen molar-refractivity contribution in [3.8, 4) is 0 Å². The monoisotopic (exact) mass is 218 g/mol. The molecule has 0 amide bonds. The molecule has 2 rings (SSSR count). The predicted octanol–water partition coefficient (Wildman–Crippen LogP) is 1.74. The van der Waals surface area contributed by atoms with E-state index in [2.05, 4.69) is 4.98 Å². The van der Waals surface area contributed by atoms with E-state index in [0.29, 0.717) is 12.2 Å². The van der Waals surface area contributed by atoms with Crippen molar-refractivity contribution in [1.82, 2.24) is 9.55 Å². The summed E-state index contributed by atoms with van der Waals surface area (Å²) in [6, 6.07) is 7.54. The molecule has 0 atom stereocenters. The van der Waals surface area contributed by atoms with E-state index < -0.39 is 0 Å². The molecular weight excluding hydrogens is 207 g/mol. The quantitative estimate of drug-likeness (QED) is 0.769. The van der Waals surface area contributed by atoms with Gasteiger partial charge in [0.15, 0.2) is 0 Å². The molecule has 0 aliphatic heterocycles. The van der Waals surface area contributed by atoms with E-state index in [1.807, 2.05) is 0 Å². The SMILES string of the molecule is Cc1cc(=O)n(Cc2ccc(F)cc2)cn1. The highest BCUT2D eigenvalue weighted by Crippen LogP contribution is 2.03. The Hall–Kier alpha value is -1.97. The molecule has 0 aliphatic rings. The van der Waals surface area contributed by atoms with Crippen molar-refractivity contribution >= 4 is 0 Å². The molecule has 0 fully saturated rings. The molecular formula is C12H11FN2O. The van der Waals surface area contributed by atoms with Crippen LogP contribution in [0.15, 0.2) is 41.5 Å². The van der Waals surface area contributed by atoms with Gasteiger partial charge in [-0.2, -0.15) is 0 Å². The third-order valence-corrected chi connectivity index (χ3v) is 2.28. The van der Waals surface area contributed by atoms with E-state index >= 15 is 0 Å². The molecule has 1 heterocycles. The van der Waals surface area contributed by atoms with Crippen molar-refractivity contribution in [2.75, 3.05) is 0 Å². The number of aromatic nitrogens is 2. The molecule has 1 aromatic heterocycles. The second-order valence-corrected chi connectivity index (χ2v) is 3.62. The largest absolute Gasteiger partial charge is 0.295 e. The zero-order valence-corrected chi connectivity index (χ0v) is 8.85. The summed E-state index contributed by atoms with van der Waals surface area (Å²) in [5.74, 6) is -0.280. The van der Waals surface area contributed by atoms with Crippen molar-refractivity contribution in [2.45, 2.75) is 13.5 Å². The van der Waals surface area contributed by atoms with Crippen LogP contribution in [0, 0.1) is 12.7 Å². The van der Waals surface area contributed by atoms with Gasteiger partial charge in [-0.3, -0.25) is 9.36 Å². The molecule has 0 unspecified atom stereocenters. The maximum absolute atomic E-state index is 12.7. The van der Waals surface area contributed by atoms with Gasteiger partial charge in [-0.1, -0.05) is 12.1 Å². The first-order valence-corrected chi connectivity index (χ1v) is 4.93. The fourth-order valence-electron chi connectivity index (χ4n) is 1.42. The lowest BCUT2D eigenvalue weighted by molar-refractivity contribution is 0.625. The van der Waals surface area contributed by atoms with E-state index in [1.54, 1.807) is 19.1 Å². The molecule has 4 heteroatoms. The maximum atomic E-state index is 12.7. The second kappa shape index (κ2) is 4.26. The zero-order valence-electron chi connectivity index (χ0n) is 8.85.